The van der Waals surface area contributed by atoms with Crippen molar-refractivity contribution in [1.82, 2.24) is 14.5 Å². The van der Waals surface area contributed by atoms with Gasteiger partial charge >= 0.3 is 0 Å². The van der Waals surface area contributed by atoms with E-state index in [4.69, 9.17) is 5.84 Å². The molecule has 2 rings (SSSR count). The van der Waals surface area contributed by atoms with E-state index >= 15 is 0 Å². The van der Waals surface area contributed by atoms with Gasteiger partial charge in [-0.25, -0.2) is 5.84 Å². The minimum absolute atomic E-state index is 0.819. The number of anilines is 1. The standard InChI is InChI=1S/C9H17N5S/c1-6-3-7(6)4-14(2)5-8-9(11-10)15-13-12-8/h6-7,11H,3-5,10H2,1-2H3. The molecule has 1 aromatic rings. The quantitative estimate of drug-likeness (QED) is 0.578. The van der Waals surface area contributed by atoms with Crippen molar-refractivity contribution in [3.05, 3.63) is 5.69 Å². The summed E-state index contributed by atoms with van der Waals surface area (Å²) in [6.45, 7) is 4.26. The molecule has 15 heavy (non-hydrogen) atoms. The highest BCUT2D eigenvalue weighted by Gasteiger charge is 2.33. The Kier molecular flexibility index (Phi) is 3.18. The predicted octanol–water partition coefficient (Wildman–Crippen LogP) is 0.912. The number of nitrogens with one attached hydrogen (secondary N) is 1. The zero-order valence-corrected chi connectivity index (χ0v) is 9.92. The molecule has 1 aliphatic rings. The molecule has 0 amide bonds. The van der Waals surface area contributed by atoms with Crippen LogP contribution in [0.1, 0.15) is 19.0 Å². The third kappa shape index (κ3) is 2.64. The smallest absolute Gasteiger partial charge is 0.148 e. The average molecular weight is 227 g/mol. The number of hydrogen-bond acceptors (Lipinski definition) is 6. The molecule has 0 spiro atoms. The van der Waals surface area contributed by atoms with Crippen molar-refractivity contribution >= 4 is 16.5 Å². The van der Waals surface area contributed by atoms with Crippen LogP contribution in [0, 0.1) is 11.8 Å². The molecular formula is C9H17N5S. The van der Waals surface area contributed by atoms with Crippen LogP contribution in [0.2, 0.25) is 0 Å². The SMILES string of the molecule is CC1CC1CN(C)Cc1nnsc1NN. The molecule has 0 aliphatic heterocycles. The Labute approximate surface area is 93.8 Å². The van der Waals surface area contributed by atoms with Crippen molar-refractivity contribution in [3.63, 3.8) is 0 Å². The Balaban J connectivity index is 1.85. The monoisotopic (exact) mass is 227 g/mol. The Morgan fingerprint density at radius 2 is 2.40 bits per heavy atom. The number of nitrogen functional groups attached to an aromatic ring is 1. The molecule has 1 aliphatic carbocycles. The van der Waals surface area contributed by atoms with Crippen LogP contribution in [-0.2, 0) is 6.54 Å². The summed E-state index contributed by atoms with van der Waals surface area (Å²) in [5.74, 6) is 7.14. The molecule has 2 atom stereocenters. The Hall–Kier alpha value is -0.720. The molecule has 6 heteroatoms. The minimum atomic E-state index is 0.819. The van der Waals surface area contributed by atoms with Gasteiger partial charge < -0.3 is 10.3 Å². The van der Waals surface area contributed by atoms with E-state index in [1.165, 1.54) is 18.0 Å². The Morgan fingerprint density at radius 3 is 3.00 bits per heavy atom. The zero-order chi connectivity index (χ0) is 10.8. The number of nitrogens with two attached hydrogens (primary N) is 1. The van der Waals surface area contributed by atoms with Crippen molar-refractivity contribution in [3.8, 4) is 0 Å². The zero-order valence-electron chi connectivity index (χ0n) is 9.10. The van der Waals surface area contributed by atoms with Crippen molar-refractivity contribution in [2.45, 2.75) is 19.9 Å². The number of nitrogens with zero attached hydrogens (tertiary/aromatic N) is 3. The van der Waals surface area contributed by atoms with Crippen LogP contribution in [0.5, 0.6) is 0 Å². The molecule has 1 saturated carbocycles. The third-order valence-electron chi connectivity index (χ3n) is 2.93. The first-order valence-electron chi connectivity index (χ1n) is 5.17. The molecule has 1 aromatic heterocycles. The van der Waals surface area contributed by atoms with E-state index in [2.05, 4.69) is 33.9 Å². The maximum Gasteiger partial charge on any atom is 0.148 e. The van der Waals surface area contributed by atoms with Crippen LogP contribution in [0.25, 0.3) is 0 Å². The van der Waals surface area contributed by atoms with Gasteiger partial charge in [0.05, 0.1) is 0 Å². The second kappa shape index (κ2) is 4.42. The van der Waals surface area contributed by atoms with Gasteiger partial charge in [-0.3, -0.25) is 0 Å². The van der Waals surface area contributed by atoms with Crippen LogP contribution in [0.3, 0.4) is 0 Å². The van der Waals surface area contributed by atoms with E-state index in [1.54, 1.807) is 0 Å². The number of rotatable bonds is 5. The second-order valence-corrected chi connectivity index (χ2v) is 5.12. The van der Waals surface area contributed by atoms with Gasteiger partial charge in [-0.15, -0.1) is 5.10 Å². The van der Waals surface area contributed by atoms with Crippen molar-refractivity contribution in [1.29, 1.82) is 0 Å². The molecule has 0 radical (unpaired) electrons. The minimum Gasteiger partial charge on any atom is -0.313 e. The maximum atomic E-state index is 5.37. The van der Waals surface area contributed by atoms with Gasteiger partial charge in [-0.1, -0.05) is 11.4 Å². The molecule has 5 nitrogen and oxygen atoms in total. The summed E-state index contributed by atoms with van der Waals surface area (Å²) >= 11 is 1.30. The fourth-order valence-corrected chi connectivity index (χ4v) is 2.28. The van der Waals surface area contributed by atoms with Crippen LogP contribution < -0.4 is 11.3 Å². The topological polar surface area (TPSA) is 67.1 Å². The third-order valence-corrected chi connectivity index (χ3v) is 3.63. The van der Waals surface area contributed by atoms with E-state index in [0.717, 1.165) is 35.6 Å². The van der Waals surface area contributed by atoms with Gasteiger partial charge in [0.1, 0.15) is 10.7 Å². The molecule has 2 unspecified atom stereocenters. The first-order chi connectivity index (χ1) is 7.20. The first-order valence-corrected chi connectivity index (χ1v) is 5.94. The molecule has 0 aromatic carbocycles. The summed E-state index contributed by atoms with van der Waals surface area (Å²) in [7, 11) is 2.12. The van der Waals surface area contributed by atoms with E-state index in [-0.39, 0.29) is 0 Å². The van der Waals surface area contributed by atoms with Gasteiger partial charge in [-0.2, -0.15) is 0 Å². The highest BCUT2D eigenvalue weighted by atomic mass is 32.1. The van der Waals surface area contributed by atoms with Crippen LogP contribution in [0.4, 0.5) is 5.00 Å². The van der Waals surface area contributed by atoms with Gasteiger partial charge in [0.2, 0.25) is 0 Å². The summed E-state index contributed by atoms with van der Waals surface area (Å²) < 4.78 is 3.88. The van der Waals surface area contributed by atoms with E-state index in [9.17, 15) is 0 Å². The van der Waals surface area contributed by atoms with Gasteiger partial charge in [-0.05, 0) is 25.3 Å². The van der Waals surface area contributed by atoms with E-state index < -0.39 is 0 Å². The Morgan fingerprint density at radius 1 is 1.67 bits per heavy atom. The lowest BCUT2D eigenvalue weighted by molar-refractivity contribution is 0.304. The highest BCUT2D eigenvalue weighted by molar-refractivity contribution is 7.10. The van der Waals surface area contributed by atoms with Gasteiger partial charge in [0.15, 0.2) is 0 Å². The van der Waals surface area contributed by atoms with Gasteiger partial charge in [0, 0.05) is 24.6 Å². The fraction of sp³-hybridized carbons (Fsp3) is 0.778. The second-order valence-electron chi connectivity index (χ2n) is 4.36. The summed E-state index contributed by atoms with van der Waals surface area (Å²) in [4.78, 5) is 2.28. The highest BCUT2D eigenvalue weighted by Crippen LogP contribution is 2.38. The van der Waals surface area contributed by atoms with Crippen molar-refractivity contribution < 1.29 is 0 Å². The molecule has 1 heterocycles. The number of aromatic nitrogens is 2. The summed E-state index contributed by atoms with van der Waals surface area (Å²) in [5.41, 5.74) is 3.57. The lowest BCUT2D eigenvalue weighted by Gasteiger charge is -2.15. The lowest BCUT2D eigenvalue weighted by Crippen LogP contribution is -2.22. The van der Waals surface area contributed by atoms with Crippen LogP contribution in [0.15, 0.2) is 0 Å². The fourth-order valence-electron chi connectivity index (χ4n) is 1.80. The van der Waals surface area contributed by atoms with E-state index in [1.807, 2.05) is 0 Å². The molecule has 1 fully saturated rings. The van der Waals surface area contributed by atoms with Crippen molar-refractivity contribution in [2.24, 2.45) is 17.7 Å². The molecule has 84 valence electrons. The van der Waals surface area contributed by atoms with Crippen LogP contribution in [-0.4, -0.2) is 28.1 Å². The average Bonchev–Trinajstić information content (AvgIpc) is 2.73. The largest absolute Gasteiger partial charge is 0.313 e. The Bertz CT molecular complexity index is 326. The van der Waals surface area contributed by atoms with Crippen molar-refractivity contribution in [2.75, 3.05) is 19.0 Å². The summed E-state index contributed by atoms with van der Waals surface area (Å²) in [6, 6.07) is 0. The van der Waals surface area contributed by atoms with Crippen LogP contribution >= 0.6 is 11.5 Å². The number of hydrogen-bond donors (Lipinski definition) is 2. The molecule has 3 N–H and O–H groups in total. The van der Waals surface area contributed by atoms with Gasteiger partial charge in [0.25, 0.3) is 0 Å². The predicted molar refractivity (Wildman–Crippen MR) is 61.3 cm³/mol. The molecule has 0 bridgehead atoms. The lowest BCUT2D eigenvalue weighted by atomic mass is 10.3. The summed E-state index contributed by atoms with van der Waals surface area (Å²) in [5, 5.41) is 4.92. The first kappa shape index (κ1) is 10.8. The van der Waals surface area contributed by atoms with E-state index in [0.29, 0.717) is 0 Å². The molecule has 0 saturated heterocycles. The molecular weight excluding hydrogens is 210 g/mol. The number of hydrazine groups is 1. The normalized spacial score (nSPS) is 24.5. The summed E-state index contributed by atoms with van der Waals surface area (Å²) in [6.07, 6.45) is 1.36. The maximum absolute atomic E-state index is 5.37.